The van der Waals surface area contributed by atoms with Crippen molar-refractivity contribution in [3.63, 3.8) is 0 Å². The molecule has 3 aromatic rings. The van der Waals surface area contributed by atoms with Crippen LogP contribution < -0.4 is 10.6 Å². The number of nitrogens with zero attached hydrogens (tertiary/aromatic N) is 1. The number of aromatic carboxylic acids is 1. The third-order valence-electron chi connectivity index (χ3n) is 6.65. The number of hydrogen-bond donors (Lipinski definition) is 3. The zero-order valence-corrected chi connectivity index (χ0v) is 25.0. The van der Waals surface area contributed by atoms with Gasteiger partial charge in [-0.15, -0.1) is 23.1 Å². The number of ether oxygens (including phenoxy) is 1. The lowest BCUT2D eigenvalue weighted by atomic mass is 10.0. The van der Waals surface area contributed by atoms with Crippen molar-refractivity contribution in [2.45, 2.75) is 50.3 Å². The number of carboxylic acids is 1. The number of anilines is 2. The number of amides is 3. The van der Waals surface area contributed by atoms with Gasteiger partial charge in [-0.25, -0.2) is 9.59 Å². The third-order valence-corrected chi connectivity index (χ3v) is 9.14. The summed E-state index contributed by atoms with van der Waals surface area (Å²) >= 11 is 2.59. The summed E-state index contributed by atoms with van der Waals surface area (Å²) < 4.78 is 5.29. The smallest absolute Gasteiger partial charge is 0.341 e. The molecule has 1 unspecified atom stereocenters. The monoisotopic (exact) mass is 609 g/mol. The molecule has 3 amide bonds. The average Bonchev–Trinajstić information content (AvgIpc) is 3.33. The maximum Gasteiger partial charge on any atom is 0.341 e. The van der Waals surface area contributed by atoms with Crippen molar-refractivity contribution in [2.24, 2.45) is 0 Å². The Morgan fingerprint density at radius 2 is 1.79 bits per heavy atom. The number of hydrogen-bond acceptors (Lipinski definition) is 8. The molecular weight excluding hydrogens is 578 g/mol. The molecule has 0 fully saturated rings. The van der Waals surface area contributed by atoms with Crippen molar-refractivity contribution >= 4 is 63.4 Å². The molecule has 220 valence electrons. The van der Waals surface area contributed by atoms with Crippen molar-refractivity contribution in [2.75, 3.05) is 23.8 Å². The second-order valence-corrected chi connectivity index (χ2v) is 11.8. The van der Waals surface area contributed by atoms with Crippen molar-refractivity contribution in [1.29, 1.82) is 0 Å². The van der Waals surface area contributed by atoms with Crippen molar-refractivity contribution in [1.82, 2.24) is 4.90 Å². The number of nitrogens with one attached hydrogen (secondary N) is 2. The summed E-state index contributed by atoms with van der Waals surface area (Å²) in [5.74, 6) is -2.61. The van der Waals surface area contributed by atoms with Crippen LogP contribution in [0.25, 0.3) is 0 Å². The van der Waals surface area contributed by atoms with Crippen LogP contribution in [-0.2, 0) is 27.3 Å². The first-order valence-electron chi connectivity index (χ1n) is 13.4. The number of esters is 1. The molecule has 10 nitrogen and oxygen atoms in total. The fourth-order valence-electron chi connectivity index (χ4n) is 4.57. The van der Waals surface area contributed by atoms with E-state index in [1.165, 1.54) is 42.2 Å². The number of thioether (sulfide) groups is 1. The van der Waals surface area contributed by atoms with E-state index in [2.05, 4.69) is 10.6 Å². The number of fused-ring (bicyclic) bond motifs is 1. The molecule has 0 spiro atoms. The molecule has 4 rings (SSSR count). The first kappa shape index (κ1) is 30.8. The van der Waals surface area contributed by atoms with Crippen LogP contribution in [0.3, 0.4) is 0 Å². The zero-order chi connectivity index (χ0) is 30.4. The lowest BCUT2D eigenvalue weighted by Crippen LogP contribution is -2.34. The summed E-state index contributed by atoms with van der Waals surface area (Å²) in [7, 11) is 0. The predicted molar refractivity (Wildman–Crippen MR) is 161 cm³/mol. The second kappa shape index (κ2) is 13.7. The number of rotatable bonds is 10. The summed E-state index contributed by atoms with van der Waals surface area (Å²) in [4.78, 5) is 65.9. The van der Waals surface area contributed by atoms with Gasteiger partial charge in [0.05, 0.1) is 35.1 Å². The summed E-state index contributed by atoms with van der Waals surface area (Å²) in [6.07, 6.45) is 0.980. The number of carbonyl (C=O) groups excluding carboxylic acids is 4. The number of carbonyl (C=O) groups is 5. The molecule has 0 saturated heterocycles. The Kier molecular flexibility index (Phi) is 10.0. The topological polar surface area (TPSA) is 142 Å². The van der Waals surface area contributed by atoms with Crippen molar-refractivity contribution in [3.8, 4) is 0 Å². The number of benzene rings is 2. The molecule has 1 atom stereocenters. The van der Waals surface area contributed by atoms with E-state index in [-0.39, 0.29) is 29.5 Å². The molecule has 1 aliphatic rings. The van der Waals surface area contributed by atoms with Crippen molar-refractivity contribution < 1.29 is 33.8 Å². The van der Waals surface area contributed by atoms with Crippen LogP contribution in [0.4, 0.5) is 10.7 Å². The van der Waals surface area contributed by atoms with E-state index in [0.29, 0.717) is 42.2 Å². The van der Waals surface area contributed by atoms with Crippen LogP contribution in [0.2, 0.25) is 0 Å². The Bertz CT molecular complexity index is 1530. The van der Waals surface area contributed by atoms with Gasteiger partial charge in [0.1, 0.15) is 5.00 Å². The fourth-order valence-corrected chi connectivity index (χ4v) is 6.84. The van der Waals surface area contributed by atoms with E-state index >= 15 is 0 Å². The van der Waals surface area contributed by atoms with Gasteiger partial charge >= 0.3 is 11.9 Å². The summed E-state index contributed by atoms with van der Waals surface area (Å²) in [6, 6.07) is 12.9. The quantitative estimate of drug-likeness (QED) is 0.208. The van der Waals surface area contributed by atoms with Gasteiger partial charge in [-0.3, -0.25) is 14.4 Å². The summed E-state index contributed by atoms with van der Waals surface area (Å²) in [5, 5.41) is 15.0. The molecule has 2 heterocycles. The SMILES string of the molecule is CCOC(=O)c1c(NC(=O)C(CC)Sc2cccc(NC(=O)c3ccccc3C(=O)O)c2)sc2c1CCN(C(C)=O)C2. The minimum atomic E-state index is -1.20. The molecule has 1 aromatic heterocycles. The van der Waals surface area contributed by atoms with Gasteiger partial charge in [0.25, 0.3) is 5.91 Å². The minimum Gasteiger partial charge on any atom is -0.478 e. The van der Waals surface area contributed by atoms with E-state index in [1.54, 1.807) is 42.2 Å². The van der Waals surface area contributed by atoms with Crippen LogP contribution in [0.1, 0.15) is 68.7 Å². The highest BCUT2D eigenvalue weighted by molar-refractivity contribution is 8.00. The van der Waals surface area contributed by atoms with Gasteiger partial charge in [-0.1, -0.05) is 25.1 Å². The summed E-state index contributed by atoms with van der Waals surface area (Å²) in [5.41, 5.74) is 1.54. The first-order chi connectivity index (χ1) is 20.1. The van der Waals surface area contributed by atoms with E-state index in [1.807, 2.05) is 13.0 Å². The van der Waals surface area contributed by atoms with Gasteiger partial charge in [0, 0.05) is 28.9 Å². The van der Waals surface area contributed by atoms with Crippen LogP contribution >= 0.6 is 23.1 Å². The minimum absolute atomic E-state index is 0.0383. The van der Waals surface area contributed by atoms with Gasteiger partial charge in [-0.05, 0) is 55.7 Å². The standard InChI is InChI=1S/C30H31N3O7S2/c1-4-23(41-19-10-8-9-18(15-19)31-26(35)20-11-6-7-12-21(20)29(37)38)27(36)32-28-25(30(39)40-5-2)22-13-14-33(17(3)34)16-24(22)42-28/h6-12,15,23H,4-5,13-14,16H2,1-3H3,(H,31,35)(H,32,36)(H,37,38). The molecule has 0 radical (unpaired) electrons. The molecule has 3 N–H and O–H groups in total. The molecule has 0 bridgehead atoms. The maximum atomic E-state index is 13.4. The highest BCUT2D eigenvalue weighted by Crippen LogP contribution is 2.38. The molecule has 2 aromatic carbocycles. The van der Waals surface area contributed by atoms with E-state index in [0.717, 1.165) is 15.3 Å². The normalized spacial score (nSPS) is 13.1. The molecule has 0 saturated carbocycles. The van der Waals surface area contributed by atoms with Crippen LogP contribution in [0, 0.1) is 0 Å². The Labute approximate surface area is 251 Å². The number of carboxylic acid groups (broad SMARTS) is 1. The van der Waals surface area contributed by atoms with Gasteiger partial charge < -0.3 is 25.4 Å². The highest BCUT2D eigenvalue weighted by atomic mass is 32.2. The van der Waals surface area contributed by atoms with E-state index in [4.69, 9.17) is 4.74 Å². The second-order valence-electron chi connectivity index (χ2n) is 9.46. The molecule has 0 aliphatic carbocycles. The largest absolute Gasteiger partial charge is 0.478 e. The van der Waals surface area contributed by atoms with Gasteiger partial charge in [0.15, 0.2) is 0 Å². The maximum absolute atomic E-state index is 13.4. The predicted octanol–water partition coefficient (Wildman–Crippen LogP) is 5.29. The fraction of sp³-hybridized carbons (Fsp3) is 0.300. The van der Waals surface area contributed by atoms with Crippen LogP contribution in [0.15, 0.2) is 53.4 Å². The third kappa shape index (κ3) is 7.00. The van der Waals surface area contributed by atoms with Crippen LogP contribution in [-0.4, -0.2) is 58.1 Å². The van der Waals surface area contributed by atoms with Crippen molar-refractivity contribution in [3.05, 3.63) is 75.7 Å². The number of thiophene rings is 1. The first-order valence-corrected chi connectivity index (χ1v) is 15.1. The Morgan fingerprint density at radius 1 is 1.05 bits per heavy atom. The highest BCUT2D eigenvalue weighted by Gasteiger charge is 2.31. The average molecular weight is 610 g/mol. The Balaban J connectivity index is 1.51. The van der Waals surface area contributed by atoms with Crippen LogP contribution in [0.5, 0.6) is 0 Å². The molecule has 1 aliphatic heterocycles. The lowest BCUT2D eigenvalue weighted by Gasteiger charge is -2.25. The lowest BCUT2D eigenvalue weighted by molar-refractivity contribution is -0.129. The zero-order valence-electron chi connectivity index (χ0n) is 23.4. The summed E-state index contributed by atoms with van der Waals surface area (Å²) in [6.45, 7) is 6.16. The molecule has 42 heavy (non-hydrogen) atoms. The molecule has 12 heteroatoms. The Morgan fingerprint density at radius 3 is 2.45 bits per heavy atom. The van der Waals surface area contributed by atoms with E-state index < -0.39 is 23.1 Å². The van der Waals surface area contributed by atoms with Gasteiger partial charge in [0.2, 0.25) is 11.8 Å². The van der Waals surface area contributed by atoms with E-state index in [9.17, 15) is 29.1 Å². The Hall–Kier alpha value is -4.16. The van der Waals surface area contributed by atoms with Gasteiger partial charge in [-0.2, -0.15) is 0 Å². The molecular formula is C30H31N3O7S2.